The lowest BCUT2D eigenvalue weighted by Crippen LogP contribution is -2.37. The molecule has 11 nitrogen and oxygen atoms in total. The Hall–Kier alpha value is -3.54. The number of imide groups is 2. The topological polar surface area (TPSA) is 134 Å². The fourth-order valence-corrected chi connectivity index (χ4v) is 4.19. The Bertz CT molecular complexity index is 1010. The van der Waals surface area contributed by atoms with Crippen LogP contribution in [0, 0.1) is 0 Å². The van der Waals surface area contributed by atoms with Crippen molar-refractivity contribution in [2.75, 3.05) is 33.0 Å². The van der Waals surface area contributed by atoms with Gasteiger partial charge in [0, 0.05) is 26.1 Å². The van der Waals surface area contributed by atoms with Crippen LogP contribution in [0.25, 0.3) is 6.08 Å². The fourth-order valence-electron chi connectivity index (χ4n) is 3.32. The van der Waals surface area contributed by atoms with Crippen LogP contribution in [-0.2, 0) is 14.4 Å². The van der Waals surface area contributed by atoms with Gasteiger partial charge in [0.25, 0.3) is 11.1 Å². The van der Waals surface area contributed by atoms with Crippen LogP contribution >= 0.6 is 11.8 Å². The molecule has 0 spiro atoms. The van der Waals surface area contributed by atoms with E-state index in [0.29, 0.717) is 23.5 Å². The molecule has 1 aromatic rings. The third-order valence-corrected chi connectivity index (χ3v) is 5.86. The number of thioether (sulfide) groups is 1. The summed E-state index contributed by atoms with van der Waals surface area (Å²) in [5.74, 6) is 0.172. The summed E-state index contributed by atoms with van der Waals surface area (Å²) in [7, 11) is 0. The summed E-state index contributed by atoms with van der Waals surface area (Å²) in [5.41, 5.74) is 0.707. The Kier molecular flexibility index (Phi) is 6.30. The van der Waals surface area contributed by atoms with Gasteiger partial charge in [-0.15, -0.1) is 0 Å². The van der Waals surface area contributed by atoms with E-state index in [1.807, 2.05) is 0 Å². The van der Waals surface area contributed by atoms with Crippen LogP contribution in [0.1, 0.15) is 18.4 Å². The minimum absolute atomic E-state index is 0.0218. The van der Waals surface area contributed by atoms with E-state index in [-0.39, 0.29) is 56.1 Å². The highest BCUT2D eigenvalue weighted by atomic mass is 32.2. The fraction of sp³-hybridized carbons (Fsp3) is 0.350. The lowest BCUT2D eigenvalue weighted by atomic mass is 10.2. The van der Waals surface area contributed by atoms with E-state index in [4.69, 9.17) is 9.47 Å². The molecule has 12 heteroatoms. The molecule has 0 aromatic heterocycles. The van der Waals surface area contributed by atoms with Crippen LogP contribution < -0.4 is 20.1 Å². The summed E-state index contributed by atoms with van der Waals surface area (Å²) in [6, 6.07) is 4.78. The van der Waals surface area contributed by atoms with E-state index >= 15 is 0 Å². The predicted octanol–water partition coefficient (Wildman–Crippen LogP) is 0.900. The molecule has 6 amide bonds. The molecular weight excluding hydrogens is 440 g/mol. The Balaban J connectivity index is 1.23. The number of nitrogens with zero attached hydrogens (tertiary/aromatic N) is 2. The standard InChI is InChI=1S/C20H20N4O7S/c25-16(2-1-6-23-17(26)10-22-19(23)28)21-5-7-24-18(27)15(32-20(24)29)9-12-3-4-13-14(8-12)31-11-30-13/h3-4,8-9H,1-2,5-7,10-11H2,(H,21,25)(H,22,28)/b15-9-. The molecule has 3 heterocycles. The second-order valence-electron chi connectivity index (χ2n) is 7.10. The third-order valence-electron chi connectivity index (χ3n) is 4.95. The van der Waals surface area contributed by atoms with Crippen molar-refractivity contribution >= 4 is 46.8 Å². The third kappa shape index (κ3) is 4.69. The maximum atomic E-state index is 12.6. The van der Waals surface area contributed by atoms with Gasteiger partial charge in [-0.1, -0.05) is 6.07 Å². The van der Waals surface area contributed by atoms with E-state index in [2.05, 4.69) is 10.6 Å². The van der Waals surface area contributed by atoms with Crippen molar-refractivity contribution in [3.8, 4) is 11.5 Å². The smallest absolute Gasteiger partial charge is 0.324 e. The number of benzene rings is 1. The number of nitrogens with one attached hydrogen (secondary N) is 2. The van der Waals surface area contributed by atoms with Crippen molar-refractivity contribution in [3.63, 3.8) is 0 Å². The minimum Gasteiger partial charge on any atom is -0.454 e. The van der Waals surface area contributed by atoms with Crippen LogP contribution in [0.3, 0.4) is 0 Å². The molecule has 0 aliphatic carbocycles. The molecule has 32 heavy (non-hydrogen) atoms. The van der Waals surface area contributed by atoms with Gasteiger partial charge in [-0.3, -0.25) is 29.0 Å². The molecular formula is C20H20N4O7S. The first-order chi connectivity index (χ1) is 15.4. The predicted molar refractivity (Wildman–Crippen MR) is 113 cm³/mol. The molecule has 3 aliphatic rings. The summed E-state index contributed by atoms with van der Waals surface area (Å²) in [4.78, 5) is 62.1. The number of ether oxygens (including phenoxy) is 2. The van der Waals surface area contributed by atoms with Gasteiger partial charge in [0.15, 0.2) is 11.5 Å². The molecule has 4 rings (SSSR count). The van der Waals surface area contributed by atoms with Gasteiger partial charge in [-0.25, -0.2) is 4.79 Å². The molecule has 0 unspecified atom stereocenters. The summed E-state index contributed by atoms with van der Waals surface area (Å²) in [6.45, 7) is 0.434. The Morgan fingerprint density at radius 3 is 2.72 bits per heavy atom. The largest absolute Gasteiger partial charge is 0.454 e. The van der Waals surface area contributed by atoms with E-state index in [1.165, 1.54) is 0 Å². The highest BCUT2D eigenvalue weighted by Gasteiger charge is 2.34. The van der Waals surface area contributed by atoms with Crippen LogP contribution in [0.2, 0.25) is 0 Å². The maximum Gasteiger partial charge on any atom is 0.324 e. The van der Waals surface area contributed by atoms with Crippen molar-refractivity contribution in [1.29, 1.82) is 0 Å². The number of hydrogen-bond acceptors (Lipinski definition) is 8. The van der Waals surface area contributed by atoms with E-state index in [1.54, 1.807) is 24.3 Å². The molecule has 2 N–H and O–H groups in total. The zero-order chi connectivity index (χ0) is 22.7. The maximum absolute atomic E-state index is 12.6. The van der Waals surface area contributed by atoms with Gasteiger partial charge >= 0.3 is 6.03 Å². The molecule has 0 radical (unpaired) electrons. The number of carbonyl (C=O) groups excluding carboxylic acids is 5. The SMILES string of the molecule is O=C(CCCN1C(=O)CNC1=O)NCCN1C(=O)S/C(=C\c2ccc3c(c2)OCO3)C1=O. The number of carbonyl (C=O) groups is 5. The summed E-state index contributed by atoms with van der Waals surface area (Å²) >= 11 is 0.836. The average molecular weight is 460 g/mol. The van der Waals surface area contributed by atoms with E-state index in [0.717, 1.165) is 21.6 Å². The van der Waals surface area contributed by atoms with Gasteiger partial charge in [0.2, 0.25) is 18.6 Å². The van der Waals surface area contributed by atoms with Crippen LogP contribution in [0.4, 0.5) is 9.59 Å². The number of hydrogen-bond donors (Lipinski definition) is 2. The second-order valence-corrected chi connectivity index (χ2v) is 8.10. The van der Waals surface area contributed by atoms with Crippen molar-refractivity contribution in [2.45, 2.75) is 12.8 Å². The monoisotopic (exact) mass is 460 g/mol. The van der Waals surface area contributed by atoms with Crippen molar-refractivity contribution in [1.82, 2.24) is 20.4 Å². The molecule has 0 saturated carbocycles. The van der Waals surface area contributed by atoms with E-state index < -0.39 is 17.2 Å². The highest BCUT2D eigenvalue weighted by Crippen LogP contribution is 2.36. The number of rotatable bonds is 8. The minimum atomic E-state index is -0.455. The molecule has 0 bridgehead atoms. The lowest BCUT2D eigenvalue weighted by Gasteiger charge is -2.14. The van der Waals surface area contributed by atoms with Gasteiger partial charge in [0.1, 0.15) is 0 Å². The zero-order valence-electron chi connectivity index (χ0n) is 16.9. The molecule has 0 atom stereocenters. The first-order valence-corrected chi connectivity index (χ1v) is 10.7. The van der Waals surface area contributed by atoms with Gasteiger partial charge < -0.3 is 20.1 Å². The molecule has 3 aliphatic heterocycles. The summed E-state index contributed by atoms with van der Waals surface area (Å²) in [5, 5.41) is 4.65. The molecule has 2 saturated heterocycles. The Morgan fingerprint density at radius 1 is 1.12 bits per heavy atom. The molecule has 2 fully saturated rings. The van der Waals surface area contributed by atoms with Gasteiger partial charge in [0.05, 0.1) is 11.4 Å². The van der Waals surface area contributed by atoms with Crippen LogP contribution in [0.5, 0.6) is 11.5 Å². The number of amides is 6. The van der Waals surface area contributed by atoms with Crippen molar-refractivity contribution in [2.24, 2.45) is 0 Å². The van der Waals surface area contributed by atoms with E-state index in [9.17, 15) is 24.0 Å². The second kappa shape index (κ2) is 9.30. The summed E-state index contributed by atoms with van der Waals surface area (Å²) < 4.78 is 10.6. The quantitative estimate of drug-likeness (QED) is 0.432. The molecule has 1 aromatic carbocycles. The molecule has 168 valence electrons. The van der Waals surface area contributed by atoms with Crippen molar-refractivity contribution < 1.29 is 33.4 Å². The Morgan fingerprint density at radius 2 is 1.94 bits per heavy atom. The lowest BCUT2D eigenvalue weighted by molar-refractivity contribution is -0.126. The van der Waals surface area contributed by atoms with Crippen LogP contribution in [-0.4, -0.2) is 71.8 Å². The summed E-state index contributed by atoms with van der Waals surface area (Å²) in [6.07, 6.45) is 2.05. The van der Waals surface area contributed by atoms with Crippen molar-refractivity contribution in [3.05, 3.63) is 28.7 Å². The van der Waals surface area contributed by atoms with Gasteiger partial charge in [-0.05, 0) is 42.0 Å². The van der Waals surface area contributed by atoms with Crippen LogP contribution in [0.15, 0.2) is 23.1 Å². The first-order valence-electron chi connectivity index (χ1n) is 9.92. The average Bonchev–Trinajstić information content (AvgIpc) is 3.43. The first kappa shape index (κ1) is 21.7. The Labute approximate surface area is 187 Å². The van der Waals surface area contributed by atoms with Gasteiger partial charge in [-0.2, -0.15) is 0 Å². The number of urea groups is 1. The number of fused-ring (bicyclic) bond motifs is 1. The zero-order valence-corrected chi connectivity index (χ0v) is 17.7. The highest BCUT2D eigenvalue weighted by molar-refractivity contribution is 8.18. The normalized spacial score (nSPS) is 18.7.